The van der Waals surface area contributed by atoms with Crippen molar-refractivity contribution < 1.29 is 0 Å². The summed E-state index contributed by atoms with van der Waals surface area (Å²) in [6.45, 7) is 6.91. The Morgan fingerprint density at radius 3 is 2.68 bits per heavy atom. The van der Waals surface area contributed by atoms with E-state index in [1.54, 1.807) is 11.1 Å². The number of aliphatic imine (C=N–C) groups is 1. The molecule has 0 spiro atoms. The highest BCUT2D eigenvalue weighted by Crippen LogP contribution is 2.24. The van der Waals surface area contributed by atoms with Crippen molar-refractivity contribution in [2.24, 2.45) is 16.8 Å². The molecule has 2 aromatic rings. The molecule has 4 nitrogen and oxygen atoms in total. The molecule has 0 bridgehead atoms. The van der Waals surface area contributed by atoms with Crippen LogP contribution in [0.25, 0.3) is 10.8 Å². The van der Waals surface area contributed by atoms with Gasteiger partial charge in [0.05, 0.1) is 0 Å². The fourth-order valence-corrected chi connectivity index (χ4v) is 2.97. The average Bonchev–Trinajstić information content (AvgIpc) is 2.61. The van der Waals surface area contributed by atoms with Gasteiger partial charge in [0.2, 0.25) is 0 Å². The summed E-state index contributed by atoms with van der Waals surface area (Å²) >= 11 is 6.21. The van der Waals surface area contributed by atoms with Crippen LogP contribution in [-0.4, -0.2) is 10.2 Å². The molecule has 0 saturated carbocycles. The van der Waals surface area contributed by atoms with Gasteiger partial charge >= 0.3 is 0 Å². The summed E-state index contributed by atoms with van der Waals surface area (Å²) in [6.07, 6.45) is 1.75. The standard InChI is InChI=1S/C20H23ClN4/c1-13(2)14(3)20-24-18(21)11-19(25(20)22)23-12-16-9-6-8-15-7-4-5-10-17(15)16/h4-11,13,23H,12,22H2,1-3H3/b20-14+. The van der Waals surface area contributed by atoms with E-state index in [0.29, 0.717) is 23.5 Å². The van der Waals surface area contributed by atoms with Crippen LogP contribution in [0.3, 0.4) is 0 Å². The van der Waals surface area contributed by atoms with Crippen LogP contribution in [0.4, 0.5) is 0 Å². The topological polar surface area (TPSA) is 53.7 Å². The van der Waals surface area contributed by atoms with Gasteiger partial charge in [-0.25, -0.2) is 15.8 Å². The predicted octanol–water partition coefficient (Wildman–Crippen LogP) is 4.48. The zero-order valence-corrected chi connectivity index (χ0v) is 15.5. The molecule has 2 aromatic carbocycles. The largest absolute Gasteiger partial charge is 0.366 e. The van der Waals surface area contributed by atoms with Crippen LogP contribution in [0.1, 0.15) is 26.3 Å². The quantitative estimate of drug-likeness (QED) is 0.795. The molecule has 3 N–H and O–H groups in total. The third-order valence-corrected chi connectivity index (χ3v) is 4.71. The average molecular weight is 355 g/mol. The van der Waals surface area contributed by atoms with Crippen molar-refractivity contribution in [3.05, 3.63) is 71.3 Å². The van der Waals surface area contributed by atoms with Crippen LogP contribution in [0, 0.1) is 5.92 Å². The van der Waals surface area contributed by atoms with Crippen LogP contribution >= 0.6 is 11.6 Å². The number of allylic oxidation sites excluding steroid dienone is 2. The van der Waals surface area contributed by atoms with Gasteiger partial charge in [-0.3, -0.25) is 0 Å². The highest BCUT2D eigenvalue weighted by molar-refractivity contribution is 6.68. The summed E-state index contributed by atoms with van der Waals surface area (Å²) in [4.78, 5) is 4.39. The normalized spacial score (nSPS) is 16.8. The fraction of sp³-hybridized carbons (Fsp3) is 0.250. The first-order valence-electron chi connectivity index (χ1n) is 8.39. The van der Waals surface area contributed by atoms with Crippen molar-refractivity contribution in [1.29, 1.82) is 0 Å². The first-order valence-corrected chi connectivity index (χ1v) is 8.77. The van der Waals surface area contributed by atoms with Crippen molar-refractivity contribution in [2.75, 3.05) is 0 Å². The predicted molar refractivity (Wildman–Crippen MR) is 106 cm³/mol. The molecule has 1 heterocycles. The molecular formula is C20H23ClN4. The Kier molecular flexibility index (Phi) is 5.11. The molecule has 5 heteroatoms. The molecule has 0 aliphatic carbocycles. The number of benzene rings is 2. The van der Waals surface area contributed by atoms with Crippen LogP contribution in [0.2, 0.25) is 0 Å². The highest BCUT2D eigenvalue weighted by atomic mass is 35.5. The van der Waals surface area contributed by atoms with E-state index in [2.05, 4.69) is 60.6 Å². The molecule has 0 unspecified atom stereocenters. The van der Waals surface area contributed by atoms with Crippen molar-refractivity contribution in [1.82, 2.24) is 10.3 Å². The molecule has 0 fully saturated rings. The smallest absolute Gasteiger partial charge is 0.149 e. The highest BCUT2D eigenvalue weighted by Gasteiger charge is 2.20. The van der Waals surface area contributed by atoms with E-state index in [1.165, 1.54) is 16.3 Å². The Hall–Kier alpha value is -2.30. The molecule has 0 radical (unpaired) electrons. The van der Waals surface area contributed by atoms with Crippen molar-refractivity contribution >= 4 is 27.5 Å². The number of nitrogens with one attached hydrogen (secondary N) is 1. The van der Waals surface area contributed by atoms with E-state index in [-0.39, 0.29) is 0 Å². The van der Waals surface area contributed by atoms with E-state index in [9.17, 15) is 0 Å². The SMILES string of the molecule is C/C(=C1/N=C(Cl)C=C(NCc2cccc3ccccc23)N1N)C(C)C. The Morgan fingerprint density at radius 2 is 1.92 bits per heavy atom. The van der Waals surface area contributed by atoms with E-state index in [0.717, 1.165) is 11.4 Å². The molecule has 3 rings (SSSR count). The maximum Gasteiger partial charge on any atom is 0.149 e. The monoisotopic (exact) mass is 354 g/mol. The zero-order valence-electron chi connectivity index (χ0n) is 14.8. The number of nitrogens with zero attached hydrogens (tertiary/aromatic N) is 2. The molecule has 1 aliphatic heterocycles. The third-order valence-electron chi connectivity index (χ3n) is 4.51. The molecule has 0 atom stereocenters. The molecule has 25 heavy (non-hydrogen) atoms. The minimum Gasteiger partial charge on any atom is -0.366 e. The lowest BCUT2D eigenvalue weighted by atomic mass is 10.0. The summed E-state index contributed by atoms with van der Waals surface area (Å²) in [5.41, 5.74) is 2.30. The van der Waals surface area contributed by atoms with Crippen molar-refractivity contribution in [2.45, 2.75) is 27.3 Å². The van der Waals surface area contributed by atoms with E-state index in [4.69, 9.17) is 17.4 Å². The zero-order chi connectivity index (χ0) is 18.0. The van der Waals surface area contributed by atoms with Crippen LogP contribution < -0.4 is 11.2 Å². The summed E-state index contributed by atoms with van der Waals surface area (Å²) < 4.78 is 0. The Balaban J connectivity index is 1.85. The molecular weight excluding hydrogens is 332 g/mol. The molecule has 0 aromatic heterocycles. The van der Waals surface area contributed by atoms with Crippen molar-refractivity contribution in [3.8, 4) is 0 Å². The number of hydrogen-bond acceptors (Lipinski definition) is 4. The lowest BCUT2D eigenvalue weighted by Gasteiger charge is -2.28. The number of hydrazine groups is 1. The van der Waals surface area contributed by atoms with Gasteiger partial charge in [-0.05, 0) is 34.8 Å². The summed E-state index contributed by atoms with van der Waals surface area (Å²) in [5.74, 6) is 8.06. The summed E-state index contributed by atoms with van der Waals surface area (Å²) in [7, 11) is 0. The number of nitrogens with two attached hydrogens (primary N) is 1. The first kappa shape index (κ1) is 17.5. The second kappa shape index (κ2) is 7.30. The lowest BCUT2D eigenvalue weighted by molar-refractivity contribution is 0.392. The van der Waals surface area contributed by atoms with Gasteiger partial charge in [0.1, 0.15) is 16.8 Å². The van der Waals surface area contributed by atoms with E-state index < -0.39 is 0 Å². The van der Waals surface area contributed by atoms with Gasteiger partial charge in [-0.2, -0.15) is 0 Å². The Morgan fingerprint density at radius 1 is 1.20 bits per heavy atom. The molecule has 0 amide bonds. The fourth-order valence-electron chi connectivity index (χ4n) is 2.79. The number of rotatable bonds is 4. The second-order valence-electron chi connectivity index (χ2n) is 6.49. The van der Waals surface area contributed by atoms with Crippen LogP contribution in [-0.2, 0) is 6.54 Å². The number of hydrogen-bond donors (Lipinski definition) is 2. The van der Waals surface area contributed by atoms with Gasteiger partial charge in [-0.15, -0.1) is 0 Å². The van der Waals surface area contributed by atoms with Gasteiger partial charge in [0.25, 0.3) is 0 Å². The minimum atomic E-state index is 0.340. The Bertz CT molecular complexity index is 875. The third kappa shape index (κ3) is 3.70. The summed E-state index contributed by atoms with van der Waals surface area (Å²) in [5, 5.41) is 7.85. The number of halogens is 1. The van der Waals surface area contributed by atoms with E-state index in [1.807, 2.05) is 13.0 Å². The minimum absolute atomic E-state index is 0.340. The van der Waals surface area contributed by atoms with Crippen LogP contribution in [0.15, 0.2) is 70.7 Å². The maximum absolute atomic E-state index is 6.28. The second-order valence-corrected chi connectivity index (χ2v) is 6.87. The number of fused-ring (bicyclic) bond motifs is 1. The van der Waals surface area contributed by atoms with E-state index >= 15 is 0 Å². The maximum atomic E-state index is 6.28. The van der Waals surface area contributed by atoms with Gasteiger partial charge in [0, 0.05) is 12.6 Å². The van der Waals surface area contributed by atoms with Crippen molar-refractivity contribution in [3.63, 3.8) is 0 Å². The van der Waals surface area contributed by atoms with Gasteiger partial charge in [0.15, 0.2) is 0 Å². The van der Waals surface area contributed by atoms with Gasteiger partial charge < -0.3 is 5.32 Å². The molecule has 130 valence electrons. The van der Waals surface area contributed by atoms with Crippen LogP contribution in [0.5, 0.6) is 0 Å². The van der Waals surface area contributed by atoms with Gasteiger partial charge in [-0.1, -0.05) is 67.9 Å². The lowest BCUT2D eigenvalue weighted by Crippen LogP contribution is -2.39. The molecule has 1 aliphatic rings. The summed E-state index contributed by atoms with van der Waals surface area (Å²) in [6, 6.07) is 14.6. The Labute approximate surface area is 153 Å². The first-order chi connectivity index (χ1) is 12.0. The molecule has 0 saturated heterocycles.